The molecule has 7 heteroatoms. The van der Waals surface area contributed by atoms with Gasteiger partial charge < -0.3 is 14.8 Å². The Labute approximate surface area is 167 Å². The lowest BCUT2D eigenvalue weighted by Gasteiger charge is -2.07. The van der Waals surface area contributed by atoms with E-state index in [1.165, 1.54) is 18.4 Å². The molecule has 1 N–H and O–H groups in total. The maximum absolute atomic E-state index is 12.2. The van der Waals surface area contributed by atoms with E-state index < -0.39 is 0 Å². The molecule has 0 unspecified atom stereocenters. The average Bonchev–Trinajstić information content (AvgIpc) is 3.15. The number of hydrogen-bond acceptors (Lipinski definition) is 6. The Hall–Kier alpha value is -3.19. The van der Waals surface area contributed by atoms with Gasteiger partial charge in [-0.3, -0.25) is 4.79 Å². The summed E-state index contributed by atoms with van der Waals surface area (Å²) in [6.45, 7) is 2.24. The highest BCUT2D eigenvalue weighted by atomic mass is 32.1. The molecular weight excluding hydrogens is 376 g/mol. The van der Waals surface area contributed by atoms with Crippen molar-refractivity contribution in [2.45, 2.75) is 20.0 Å². The van der Waals surface area contributed by atoms with Crippen LogP contribution in [-0.2, 0) is 22.6 Å². The standard InChI is InChI=1S/C21H20N2O4S/c1-14-5-3-4-6-18(14)23-19(24)11-20-22-16(13-28-20)12-27-17-9-7-15(8-10-17)21(25)26-2/h3-10,13H,11-12H2,1-2H3,(H,23,24). The maximum Gasteiger partial charge on any atom is 0.337 e. The van der Waals surface area contributed by atoms with Crippen molar-refractivity contribution >= 4 is 28.9 Å². The highest BCUT2D eigenvalue weighted by Crippen LogP contribution is 2.18. The lowest BCUT2D eigenvalue weighted by molar-refractivity contribution is -0.115. The number of anilines is 1. The van der Waals surface area contributed by atoms with Crippen molar-refractivity contribution in [2.75, 3.05) is 12.4 Å². The third-order valence-corrected chi connectivity index (χ3v) is 4.89. The van der Waals surface area contributed by atoms with E-state index in [2.05, 4.69) is 15.0 Å². The first kappa shape index (κ1) is 19.6. The second-order valence-corrected chi connectivity index (χ2v) is 7.02. The monoisotopic (exact) mass is 396 g/mol. The molecule has 0 fully saturated rings. The van der Waals surface area contributed by atoms with E-state index in [4.69, 9.17) is 4.74 Å². The van der Waals surface area contributed by atoms with Gasteiger partial charge in [-0.05, 0) is 42.8 Å². The van der Waals surface area contributed by atoms with Gasteiger partial charge in [-0.2, -0.15) is 0 Å². The minimum absolute atomic E-state index is 0.102. The van der Waals surface area contributed by atoms with Gasteiger partial charge in [0.1, 0.15) is 17.4 Å². The van der Waals surface area contributed by atoms with Crippen molar-refractivity contribution < 1.29 is 19.1 Å². The Balaban J connectivity index is 1.52. The molecule has 0 aliphatic rings. The van der Waals surface area contributed by atoms with Crippen LogP contribution in [0.2, 0.25) is 0 Å². The molecular formula is C21H20N2O4S. The van der Waals surface area contributed by atoms with E-state index in [1.807, 2.05) is 36.6 Å². The molecule has 6 nitrogen and oxygen atoms in total. The highest BCUT2D eigenvalue weighted by Gasteiger charge is 2.10. The smallest absolute Gasteiger partial charge is 0.337 e. The van der Waals surface area contributed by atoms with Gasteiger partial charge in [-0.1, -0.05) is 18.2 Å². The highest BCUT2D eigenvalue weighted by molar-refractivity contribution is 7.09. The van der Waals surface area contributed by atoms with Gasteiger partial charge in [0.15, 0.2) is 0 Å². The van der Waals surface area contributed by atoms with Crippen molar-refractivity contribution in [1.82, 2.24) is 4.98 Å². The Bertz CT molecular complexity index is 967. The molecule has 0 atom stereocenters. The summed E-state index contributed by atoms with van der Waals surface area (Å²) < 4.78 is 10.3. The Morgan fingerprint density at radius 1 is 1.11 bits per heavy atom. The normalized spacial score (nSPS) is 10.4. The first-order chi connectivity index (χ1) is 13.5. The summed E-state index contributed by atoms with van der Waals surface area (Å²) in [7, 11) is 1.34. The SMILES string of the molecule is COC(=O)c1ccc(OCc2csc(CC(=O)Nc3ccccc3C)n2)cc1. The van der Waals surface area contributed by atoms with Crippen molar-refractivity contribution in [3.8, 4) is 5.75 Å². The topological polar surface area (TPSA) is 77.5 Å². The molecule has 1 amide bonds. The lowest BCUT2D eigenvalue weighted by Crippen LogP contribution is -2.15. The van der Waals surface area contributed by atoms with Crippen molar-refractivity contribution in [2.24, 2.45) is 0 Å². The fraction of sp³-hybridized carbons (Fsp3) is 0.190. The Kier molecular flexibility index (Phi) is 6.39. The fourth-order valence-corrected chi connectivity index (χ4v) is 3.28. The number of ether oxygens (including phenoxy) is 2. The summed E-state index contributed by atoms with van der Waals surface area (Å²) in [5.41, 5.74) is 3.04. The molecule has 0 spiro atoms. The first-order valence-corrected chi connectivity index (χ1v) is 9.53. The fourth-order valence-electron chi connectivity index (χ4n) is 2.50. The number of nitrogens with one attached hydrogen (secondary N) is 1. The van der Waals surface area contributed by atoms with Crippen LogP contribution in [0.3, 0.4) is 0 Å². The van der Waals surface area contributed by atoms with Crippen LogP contribution >= 0.6 is 11.3 Å². The second kappa shape index (κ2) is 9.14. The number of esters is 1. The van der Waals surface area contributed by atoms with Crippen LogP contribution < -0.4 is 10.1 Å². The quantitative estimate of drug-likeness (QED) is 0.611. The molecule has 0 aliphatic carbocycles. The number of carbonyl (C=O) groups excluding carboxylic acids is 2. The Morgan fingerprint density at radius 3 is 2.57 bits per heavy atom. The summed E-state index contributed by atoms with van der Waals surface area (Å²) in [5.74, 6) is 0.133. The Morgan fingerprint density at radius 2 is 1.86 bits per heavy atom. The molecule has 0 aliphatic heterocycles. The number of rotatable bonds is 7. The van der Waals surface area contributed by atoms with Gasteiger partial charge in [0.2, 0.25) is 5.91 Å². The lowest BCUT2D eigenvalue weighted by atomic mass is 10.2. The molecule has 0 bridgehead atoms. The molecule has 1 aromatic heterocycles. The molecule has 144 valence electrons. The van der Waals surface area contributed by atoms with E-state index in [-0.39, 0.29) is 24.9 Å². The van der Waals surface area contributed by atoms with Crippen molar-refractivity contribution in [3.63, 3.8) is 0 Å². The van der Waals surface area contributed by atoms with Gasteiger partial charge >= 0.3 is 5.97 Å². The van der Waals surface area contributed by atoms with Crippen LogP contribution in [-0.4, -0.2) is 24.0 Å². The summed E-state index contributed by atoms with van der Waals surface area (Å²) >= 11 is 1.42. The molecule has 0 saturated heterocycles. The van der Waals surface area contributed by atoms with Crippen LogP contribution in [0.5, 0.6) is 5.75 Å². The third kappa shape index (κ3) is 5.17. The number of para-hydroxylation sites is 1. The van der Waals surface area contributed by atoms with Gasteiger partial charge in [0, 0.05) is 11.1 Å². The molecule has 0 radical (unpaired) electrons. The summed E-state index contributed by atoms with van der Waals surface area (Å²) in [5, 5.41) is 5.51. The summed E-state index contributed by atoms with van der Waals surface area (Å²) in [4.78, 5) is 28.1. The number of aryl methyl sites for hydroxylation is 1. The van der Waals surface area contributed by atoms with Crippen molar-refractivity contribution in [3.05, 3.63) is 75.7 Å². The van der Waals surface area contributed by atoms with E-state index in [0.29, 0.717) is 11.3 Å². The van der Waals surface area contributed by atoms with Crippen LogP contribution in [0.15, 0.2) is 53.9 Å². The predicted octanol–water partition coefficient (Wildman–Crippen LogP) is 4.00. The van der Waals surface area contributed by atoms with Crippen LogP contribution in [0.1, 0.15) is 26.6 Å². The maximum atomic E-state index is 12.2. The molecule has 1 heterocycles. The number of benzene rings is 2. The second-order valence-electron chi connectivity index (χ2n) is 6.08. The zero-order chi connectivity index (χ0) is 19.9. The van der Waals surface area contributed by atoms with Gasteiger partial charge in [-0.25, -0.2) is 9.78 Å². The number of thiazole rings is 1. The molecule has 0 saturated carbocycles. The number of aromatic nitrogens is 1. The van der Waals surface area contributed by atoms with E-state index in [9.17, 15) is 9.59 Å². The largest absolute Gasteiger partial charge is 0.487 e. The van der Waals surface area contributed by atoms with Gasteiger partial charge in [0.25, 0.3) is 0 Å². The van der Waals surface area contributed by atoms with Gasteiger partial charge in [-0.15, -0.1) is 11.3 Å². The zero-order valence-corrected chi connectivity index (χ0v) is 16.4. The minimum atomic E-state index is -0.389. The van der Waals surface area contributed by atoms with Crippen molar-refractivity contribution in [1.29, 1.82) is 0 Å². The average molecular weight is 396 g/mol. The number of carbonyl (C=O) groups is 2. The summed E-state index contributed by atoms with van der Waals surface area (Å²) in [6.07, 6.45) is 0.215. The molecule has 2 aromatic carbocycles. The first-order valence-electron chi connectivity index (χ1n) is 8.65. The van der Waals surface area contributed by atoms with E-state index >= 15 is 0 Å². The van der Waals surface area contributed by atoms with E-state index in [0.717, 1.165) is 22.0 Å². The summed E-state index contributed by atoms with van der Waals surface area (Å²) in [6, 6.07) is 14.3. The van der Waals surface area contributed by atoms with Gasteiger partial charge in [0.05, 0.1) is 24.8 Å². The zero-order valence-electron chi connectivity index (χ0n) is 15.6. The molecule has 3 aromatic rings. The van der Waals surface area contributed by atoms with Crippen LogP contribution in [0.25, 0.3) is 0 Å². The third-order valence-electron chi connectivity index (χ3n) is 3.99. The number of nitrogens with zero attached hydrogens (tertiary/aromatic N) is 1. The van der Waals surface area contributed by atoms with Crippen LogP contribution in [0.4, 0.5) is 5.69 Å². The molecule has 28 heavy (non-hydrogen) atoms. The van der Waals surface area contributed by atoms with E-state index in [1.54, 1.807) is 24.3 Å². The molecule has 3 rings (SSSR count). The predicted molar refractivity (Wildman–Crippen MR) is 108 cm³/mol. The number of hydrogen-bond donors (Lipinski definition) is 1. The number of amides is 1. The minimum Gasteiger partial charge on any atom is -0.487 e. The number of methoxy groups -OCH3 is 1. The van der Waals surface area contributed by atoms with Crippen LogP contribution in [0, 0.1) is 6.92 Å².